The predicted octanol–water partition coefficient (Wildman–Crippen LogP) is 0.273. The van der Waals surface area contributed by atoms with Gasteiger partial charge in [-0.2, -0.15) is 0 Å². The molecule has 0 aliphatic carbocycles. The van der Waals surface area contributed by atoms with Gasteiger partial charge in [0.2, 0.25) is 0 Å². The molecule has 0 fully saturated rings. The van der Waals surface area contributed by atoms with E-state index in [1.807, 2.05) is 13.8 Å². The maximum absolute atomic E-state index is 9.49. The Hall–Kier alpha value is -1.29. The van der Waals surface area contributed by atoms with E-state index in [0.717, 1.165) is 20.2 Å². The zero-order valence-corrected chi connectivity index (χ0v) is 14.8. The zero-order chi connectivity index (χ0) is 17.4. The largest absolute Gasteiger partial charge is 0.499 e. The summed E-state index contributed by atoms with van der Waals surface area (Å²) in [4.78, 5) is 0. The fraction of sp³-hybridized carbons (Fsp3) is 0.286. The summed E-state index contributed by atoms with van der Waals surface area (Å²) < 4.78 is 13.9. The van der Waals surface area contributed by atoms with E-state index in [0.29, 0.717) is 34.3 Å². The first-order valence-corrected chi connectivity index (χ1v) is 9.11. The van der Waals surface area contributed by atoms with Crippen LogP contribution < -0.4 is 19.0 Å². The van der Waals surface area contributed by atoms with Crippen molar-refractivity contribution < 1.29 is 29.6 Å². The van der Waals surface area contributed by atoms with Crippen LogP contribution in [-0.4, -0.2) is 47.5 Å². The highest BCUT2D eigenvalue weighted by Gasteiger charge is 2.26. The summed E-state index contributed by atoms with van der Waals surface area (Å²) in [5, 5.41) is 39.4. The first-order valence-electron chi connectivity index (χ1n) is 7.48. The minimum atomic E-state index is -1.57. The van der Waals surface area contributed by atoms with Gasteiger partial charge in [0.05, 0.1) is 22.6 Å². The van der Waals surface area contributed by atoms with Crippen LogP contribution >= 0.6 is 22.7 Å². The maximum atomic E-state index is 9.49. The monoisotopic (exact) mass is 366 g/mol. The summed E-state index contributed by atoms with van der Waals surface area (Å²) >= 11 is 2.44. The summed E-state index contributed by atoms with van der Waals surface area (Å²) in [7, 11) is -3.14. The molecule has 3 aromatic rings. The van der Waals surface area contributed by atoms with Gasteiger partial charge in [-0.25, -0.2) is 0 Å². The Morgan fingerprint density at radius 3 is 1.46 bits per heavy atom. The van der Waals surface area contributed by atoms with Gasteiger partial charge >= 0.3 is 14.2 Å². The summed E-state index contributed by atoms with van der Waals surface area (Å²) in [5.74, 6) is 1.18. The lowest BCUT2D eigenvalue weighted by Crippen LogP contribution is -2.26. The van der Waals surface area contributed by atoms with Crippen molar-refractivity contribution in [3.63, 3.8) is 0 Å². The number of benzene rings is 1. The summed E-state index contributed by atoms with van der Waals surface area (Å²) in [5.41, 5.74) is 0. The number of hydrogen-bond donors (Lipinski definition) is 4. The molecule has 2 heterocycles. The molecule has 1 aromatic carbocycles. The average molecular weight is 366 g/mol. The third-order valence-electron chi connectivity index (χ3n) is 3.49. The fourth-order valence-corrected chi connectivity index (χ4v) is 4.65. The molecule has 0 atom stereocenters. The second kappa shape index (κ2) is 6.91. The molecule has 126 valence electrons. The van der Waals surface area contributed by atoms with Crippen LogP contribution in [0.25, 0.3) is 20.2 Å². The fourth-order valence-electron chi connectivity index (χ4n) is 2.57. The van der Waals surface area contributed by atoms with E-state index < -0.39 is 14.2 Å². The van der Waals surface area contributed by atoms with Gasteiger partial charge in [-0.1, -0.05) is 0 Å². The van der Waals surface area contributed by atoms with Crippen molar-refractivity contribution in [2.45, 2.75) is 13.8 Å². The molecule has 4 N–H and O–H groups in total. The van der Waals surface area contributed by atoms with Gasteiger partial charge in [-0.3, -0.25) is 0 Å². The summed E-state index contributed by atoms with van der Waals surface area (Å²) in [6.07, 6.45) is 0. The highest BCUT2D eigenvalue weighted by atomic mass is 32.1. The van der Waals surface area contributed by atoms with Crippen molar-refractivity contribution >= 4 is 66.6 Å². The van der Waals surface area contributed by atoms with E-state index in [-0.39, 0.29) is 0 Å². The highest BCUT2D eigenvalue weighted by Crippen LogP contribution is 2.46. The molecule has 0 bridgehead atoms. The number of fused-ring (bicyclic) bond motifs is 2. The Labute approximate surface area is 147 Å². The van der Waals surface area contributed by atoms with E-state index >= 15 is 0 Å². The first-order chi connectivity index (χ1) is 11.5. The Morgan fingerprint density at radius 1 is 0.792 bits per heavy atom. The van der Waals surface area contributed by atoms with Crippen molar-refractivity contribution in [1.29, 1.82) is 0 Å². The second-order valence-corrected chi connectivity index (χ2v) is 7.22. The predicted molar refractivity (Wildman–Crippen MR) is 99.2 cm³/mol. The molecule has 0 amide bonds. The number of ether oxygens (including phenoxy) is 2. The number of hydrogen-bond acceptors (Lipinski definition) is 8. The van der Waals surface area contributed by atoms with Crippen molar-refractivity contribution in [2.24, 2.45) is 0 Å². The molecule has 0 saturated carbocycles. The quantitative estimate of drug-likeness (QED) is 0.468. The lowest BCUT2D eigenvalue weighted by atomic mass is 9.88. The lowest BCUT2D eigenvalue weighted by molar-refractivity contribution is 0.343. The van der Waals surface area contributed by atoms with Crippen LogP contribution in [0, 0.1) is 0 Å². The molecule has 3 rings (SSSR count). The SMILES string of the molecule is CCOc1c2cc(B(O)O)sc2c(OCC)c2cc(B(O)O)sc12. The van der Waals surface area contributed by atoms with Crippen molar-refractivity contribution in [2.75, 3.05) is 13.2 Å². The number of thiophene rings is 2. The average Bonchev–Trinajstić information content (AvgIpc) is 3.15. The minimum Gasteiger partial charge on any atom is -0.492 e. The third-order valence-corrected chi connectivity index (χ3v) is 5.84. The van der Waals surface area contributed by atoms with Crippen molar-refractivity contribution in [1.82, 2.24) is 0 Å². The van der Waals surface area contributed by atoms with Gasteiger partial charge in [0.25, 0.3) is 0 Å². The van der Waals surface area contributed by atoms with Gasteiger partial charge in [0.15, 0.2) is 0 Å². The first kappa shape index (κ1) is 17.5. The molecular weight excluding hydrogens is 350 g/mol. The summed E-state index contributed by atoms with van der Waals surface area (Å²) in [6, 6.07) is 3.35. The maximum Gasteiger partial charge on any atom is 0.499 e. The topological polar surface area (TPSA) is 99.4 Å². The number of rotatable bonds is 6. The van der Waals surface area contributed by atoms with Crippen LogP contribution in [0.2, 0.25) is 0 Å². The Kier molecular flexibility index (Phi) is 5.05. The normalized spacial score (nSPS) is 11.2. The standard InChI is InChI=1S/C14H16B2O6S2/c1-3-21-11-7-5-9(15(17)18)24-14(7)12(22-4-2)8-6-10(16(19)20)23-13(8)11/h5-6,17-20H,3-4H2,1-2H3. The second-order valence-electron chi connectivity index (χ2n) is 5.05. The summed E-state index contributed by atoms with van der Waals surface area (Å²) in [6.45, 7) is 4.58. The van der Waals surface area contributed by atoms with E-state index in [2.05, 4.69) is 0 Å². The molecule has 2 aromatic heterocycles. The molecule has 0 aliphatic heterocycles. The van der Waals surface area contributed by atoms with Crippen LogP contribution in [0.3, 0.4) is 0 Å². The lowest BCUT2D eigenvalue weighted by Gasteiger charge is -2.11. The Morgan fingerprint density at radius 2 is 1.17 bits per heavy atom. The van der Waals surface area contributed by atoms with Crippen molar-refractivity contribution in [3.8, 4) is 11.5 Å². The molecule has 6 nitrogen and oxygen atoms in total. The van der Waals surface area contributed by atoms with Crippen molar-refractivity contribution in [3.05, 3.63) is 12.1 Å². The van der Waals surface area contributed by atoms with Gasteiger partial charge in [0.1, 0.15) is 11.5 Å². The van der Waals surface area contributed by atoms with E-state index in [1.165, 1.54) is 22.7 Å². The molecule has 0 aliphatic rings. The van der Waals surface area contributed by atoms with E-state index in [9.17, 15) is 20.1 Å². The van der Waals surface area contributed by atoms with Gasteiger partial charge in [-0.15, -0.1) is 22.7 Å². The van der Waals surface area contributed by atoms with Gasteiger partial charge in [0, 0.05) is 20.3 Å². The van der Waals surface area contributed by atoms with Gasteiger partial charge in [-0.05, 0) is 26.0 Å². The van der Waals surface area contributed by atoms with Crippen LogP contribution in [0.15, 0.2) is 12.1 Å². The molecule has 0 saturated heterocycles. The Balaban J connectivity index is 2.41. The highest BCUT2D eigenvalue weighted by molar-refractivity contribution is 7.30. The smallest absolute Gasteiger partial charge is 0.492 e. The molecule has 0 radical (unpaired) electrons. The molecule has 10 heteroatoms. The molecule has 0 spiro atoms. The van der Waals surface area contributed by atoms with Gasteiger partial charge < -0.3 is 29.6 Å². The van der Waals surface area contributed by atoms with E-state index in [1.54, 1.807) is 12.1 Å². The zero-order valence-electron chi connectivity index (χ0n) is 13.1. The van der Waals surface area contributed by atoms with Crippen LogP contribution in [-0.2, 0) is 0 Å². The van der Waals surface area contributed by atoms with E-state index in [4.69, 9.17) is 9.47 Å². The molecule has 0 unspecified atom stereocenters. The minimum absolute atomic E-state index is 0.395. The molecule has 24 heavy (non-hydrogen) atoms. The third kappa shape index (κ3) is 2.90. The van der Waals surface area contributed by atoms with Crippen LogP contribution in [0.1, 0.15) is 13.8 Å². The molecular formula is C14H16B2O6S2. The Bertz CT molecular complexity index is 749. The van der Waals surface area contributed by atoms with Crippen LogP contribution in [0.4, 0.5) is 0 Å². The van der Waals surface area contributed by atoms with Crippen LogP contribution in [0.5, 0.6) is 11.5 Å².